The number of nitrogens with zero attached hydrogens (tertiary/aromatic N) is 4. The molecule has 32 heavy (non-hydrogen) atoms. The summed E-state index contributed by atoms with van der Waals surface area (Å²) in [5.41, 5.74) is 1.16. The Morgan fingerprint density at radius 3 is 2.53 bits per heavy atom. The van der Waals surface area contributed by atoms with Gasteiger partial charge in [0.1, 0.15) is 6.33 Å². The smallest absolute Gasteiger partial charge is 0.318 e. The Morgan fingerprint density at radius 1 is 1.16 bits per heavy atom. The number of aliphatic carboxylic acids is 1. The van der Waals surface area contributed by atoms with Gasteiger partial charge in [0.05, 0.1) is 23.6 Å². The van der Waals surface area contributed by atoms with Gasteiger partial charge < -0.3 is 25.0 Å². The van der Waals surface area contributed by atoms with Gasteiger partial charge in [0.25, 0.3) is 5.56 Å². The van der Waals surface area contributed by atoms with Crippen LogP contribution in [0, 0.1) is 11.8 Å². The number of fused-ring (bicyclic) bond motifs is 4. The normalized spacial score (nSPS) is 26.7. The standard InChI is InChI=1S/C22H25N5O5/c28-10-15-17-9-26-16(6-5-14(20(26)29)12-7-23-11-24-8-12)19(18(15)21(30)31)27(17)22(32)25-13-3-1-2-4-13/h5-8,11,13,15,17-19,28H,1-4,9-10H2,(H,25,32)(H,30,31)/t15-,17-,18+,19+/m0/s1. The van der Waals surface area contributed by atoms with Crippen molar-refractivity contribution in [3.8, 4) is 11.1 Å². The predicted octanol–water partition coefficient (Wildman–Crippen LogP) is 1.01. The summed E-state index contributed by atoms with van der Waals surface area (Å²) < 4.78 is 1.54. The first-order chi connectivity index (χ1) is 15.5. The molecule has 2 aromatic heterocycles. The van der Waals surface area contributed by atoms with Crippen molar-refractivity contribution >= 4 is 12.0 Å². The number of urea groups is 1. The Bertz CT molecular complexity index is 1100. The van der Waals surface area contributed by atoms with Crippen molar-refractivity contribution in [3.05, 3.63) is 46.9 Å². The highest BCUT2D eigenvalue weighted by Crippen LogP contribution is 2.48. The Kier molecular flexibility index (Phi) is 5.16. The molecule has 1 saturated carbocycles. The molecular weight excluding hydrogens is 414 g/mol. The molecule has 10 nitrogen and oxygen atoms in total. The van der Waals surface area contributed by atoms with Crippen LogP contribution in [0.1, 0.15) is 37.4 Å². The number of carbonyl (C=O) groups is 2. The number of aliphatic hydroxyl groups excluding tert-OH is 1. The van der Waals surface area contributed by atoms with E-state index in [1.54, 1.807) is 34.0 Å². The minimum Gasteiger partial charge on any atom is -0.481 e. The molecule has 10 heteroatoms. The second kappa shape index (κ2) is 8.01. The summed E-state index contributed by atoms with van der Waals surface area (Å²) in [5.74, 6) is -2.76. The molecule has 2 bridgehead atoms. The highest BCUT2D eigenvalue weighted by molar-refractivity contribution is 5.80. The van der Waals surface area contributed by atoms with E-state index in [2.05, 4.69) is 15.3 Å². The van der Waals surface area contributed by atoms with E-state index in [-0.39, 0.29) is 30.8 Å². The Balaban J connectivity index is 1.59. The summed E-state index contributed by atoms with van der Waals surface area (Å²) in [7, 11) is 0. The van der Waals surface area contributed by atoms with Gasteiger partial charge in [-0.3, -0.25) is 9.59 Å². The minimum atomic E-state index is -1.09. The van der Waals surface area contributed by atoms with Crippen LogP contribution < -0.4 is 10.9 Å². The first-order valence-corrected chi connectivity index (χ1v) is 10.9. The van der Waals surface area contributed by atoms with Gasteiger partial charge in [-0.15, -0.1) is 0 Å². The number of nitrogens with one attached hydrogen (secondary N) is 1. The lowest BCUT2D eigenvalue weighted by Gasteiger charge is -2.38. The molecule has 0 spiro atoms. The van der Waals surface area contributed by atoms with Crippen molar-refractivity contribution < 1.29 is 19.8 Å². The molecule has 0 unspecified atom stereocenters. The van der Waals surface area contributed by atoms with Crippen LogP contribution in [0.2, 0.25) is 0 Å². The number of carbonyl (C=O) groups excluding carboxylic acids is 1. The second-order valence-corrected chi connectivity index (χ2v) is 8.78. The number of amides is 2. The lowest BCUT2D eigenvalue weighted by Crippen LogP contribution is -2.53. The van der Waals surface area contributed by atoms with E-state index < -0.39 is 29.9 Å². The van der Waals surface area contributed by atoms with Crippen LogP contribution in [0.4, 0.5) is 4.79 Å². The number of aromatic nitrogens is 3. The lowest BCUT2D eigenvalue weighted by atomic mass is 9.87. The minimum absolute atomic E-state index is 0.0716. The molecule has 5 rings (SSSR count). The largest absolute Gasteiger partial charge is 0.481 e. The molecule has 2 aromatic rings. The number of aliphatic hydroxyl groups is 1. The highest BCUT2D eigenvalue weighted by atomic mass is 16.4. The van der Waals surface area contributed by atoms with Crippen molar-refractivity contribution in [1.29, 1.82) is 0 Å². The average molecular weight is 439 g/mol. The molecule has 2 amide bonds. The number of rotatable bonds is 4. The average Bonchev–Trinajstić information content (AvgIpc) is 3.38. The van der Waals surface area contributed by atoms with Crippen molar-refractivity contribution in [3.63, 3.8) is 0 Å². The zero-order valence-corrected chi connectivity index (χ0v) is 17.4. The van der Waals surface area contributed by atoms with Crippen LogP contribution in [0.15, 0.2) is 35.6 Å². The number of carboxylic acids is 1. The fraction of sp³-hybridized carbons (Fsp3) is 0.500. The maximum Gasteiger partial charge on any atom is 0.318 e. The van der Waals surface area contributed by atoms with Crippen LogP contribution in [0.3, 0.4) is 0 Å². The maximum absolute atomic E-state index is 13.3. The van der Waals surface area contributed by atoms with Gasteiger partial charge in [0.2, 0.25) is 0 Å². The molecule has 2 aliphatic heterocycles. The molecule has 3 N–H and O–H groups in total. The van der Waals surface area contributed by atoms with Crippen LogP contribution >= 0.6 is 0 Å². The van der Waals surface area contributed by atoms with E-state index in [4.69, 9.17) is 0 Å². The summed E-state index contributed by atoms with van der Waals surface area (Å²) in [4.78, 5) is 48.3. The fourth-order valence-electron chi connectivity index (χ4n) is 5.64. The molecule has 4 heterocycles. The van der Waals surface area contributed by atoms with E-state index in [1.807, 2.05) is 0 Å². The van der Waals surface area contributed by atoms with E-state index >= 15 is 0 Å². The first kappa shape index (κ1) is 20.6. The molecule has 168 valence electrons. The summed E-state index contributed by atoms with van der Waals surface area (Å²) in [5, 5.41) is 23.1. The molecule has 4 atom stereocenters. The summed E-state index contributed by atoms with van der Waals surface area (Å²) >= 11 is 0. The predicted molar refractivity (Wildman–Crippen MR) is 113 cm³/mol. The molecular formula is C22H25N5O5. The molecule has 1 aliphatic carbocycles. The monoisotopic (exact) mass is 439 g/mol. The molecule has 2 fully saturated rings. The van der Waals surface area contributed by atoms with Gasteiger partial charge in [-0.25, -0.2) is 14.8 Å². The third kappa shape index (κ3) is 3.17. The first-order valence-electron chi connectivity index (χ1n) is 10.9. The zero-order chi connectivity index (χ0) is 22.4. The summed E-state index contributed by atoms with van der Waals surface area (Å²) in [6.45, 7) is -0.257. The number of carboxylic acid groups (broad SMARTS) is 1. The van der Waals surface area contributed by atoms with Gasteiger partial charge in [0, 0.05) is 48.8 Å². The maximum atomic E-state index is 13.3. The lowest BCUT2D eigenvalue weighted by molar-refractivity contribution is -0.144. The van der Waals surface area contributed by atoms with E-state index in [0.717, 1.165) is 25.7 Å². The van der Waals surface area contributed by atoms with Gasteiger partial charge in [-0.05, 0) is 25.0 Å². The Labute approximate surface area is 183 Å². The van der Waals surface area contributed by atoms with Crippen LogP contribution in [0.5, 0.6) is 0 Å². The van der Waals surface area contributed by atoms with E-state index in [1.165, 1.54) is 6.33 Å². The summed E-state index contributed by atoms with van der Waals surface area (Å²) in [6, 6.07) is 1.65. The van der Waals surface area contributed by atoms with E-state index in [9.17, 15) is 24.6 Å². The topological polar surface area (TPSA) is 138 Å². The number of hydrogen-bond acceptors (Lipinski definition) is 6. The van der Waals surface area contributed by atoms with E-state index in [0.29, 0.717) is 16.8 Å². The van der Waals surface area contributed by atoms with Crippen molar-refractivity contribution in [1.82, 2.24) is 24.8 Å². The third-order valence-electron chi connectivity index (χ3n) is 7.12. The van der Waals surface area contributed by atoms with Gasteiger partial charge in [-0.1, -0.05) is 12.8 Å². The van der Waals surface area contributed by atoms with Gasteiger partial charge in [0.15, 0.2) is 0 Å². The highest BCUT2D eigenvalue weighted by Gasteiger charge is 2.58. The van der Waals surface area contributed by atoms with Crippen molar-refractivity contribution in [2.45, 2.75) is 50.4 Å². The van der Waals surface area contributed by atoms with Gasteiger partial charge in [-0.2, -0.15) is 0 Å². The molecule has 3 aliphatic rings. The SMILES string of the molecule is O=C(O)[C@@H]1[C@@H](CO)[C@@H]2Cn3c(ccc(-c4cncnc4)c3=O)[C@H]1N2C(=O)NC1CCCC1. The Hall–Kier alpha value is -3.27. The van der Waals surface area contributed by atoms with Crippen molar-refractivity contribution in [2.24, 2.45) is 11.8 Å². The van der Waals surface area contributed by atoms with Crippen LogP contribution in [-0.2, 0) is 11.3 Å². The van der Waals surface area contributed by atoms with Crippen molar-refractivity contribution in [2.75, 3.05) is 6.61 Å². The van der Waals surface area contributed by atoms with Crippen LogP contribution in [0.25, 0.3) is 11.1 Å². The van der Waals surface area contributed by atoms with Crippen LogP contribution in [-0.4, -0.2) is 60.3 Å². The molecule has 1 saturated heterocycles. The number of hydrogen-bond donors (Lipinski definition) is 3. The number of pyridine rings is 1. The third-order valence-corrected chi connectivity index (χ3v) is 7.12. The molecule has 0 radical (unpaired) electrons. The van der Waals surface area contributed by atoms with Gasteiger partial charge >= 0.3 is 12.0 Å². The Morgan fingerprint density at radius 2 is 1.88 bits per heavy atom. The summed E-state index contributed by atoms with van der Waals surface area (Å²) in [6.07, 6.45) is 8.39. The molecule has 0 aromatic carbocycles. The second-order valence-electron chi connectivity index (χ2n) is 8.78. The quantitative estimate of drug-likeness (QED) is 0.646. The fourth-order valence-corrected chi connectivity index (χ4v) is 5.64. The zero-order valence-electron chi connectivity index (χ0n) is 17.4.